The lowest BCUT2D eigenvalue weighted by Gasteiger charge is -2.24. The summed E-state index contributed by atoms with van der Waals surface area (Å²) >= 11 is 0. The normalized spacial score (nSPS) is 17.0. The van der Waals surface area contributed by atoms with Gasteiger partial charge in [-0.3, -0.25) is 9.88 Å². The molecule has 7 heteroatoms. The fourth-order valence-electron chi connectivity index (χ4n) is 2.64. The van der Waals surface area contributed by atoms with E-state index < -0.39 is 17.8 Å². The van der Waals surface area contributed by atoms with Gasteiger partial charge in [0.1, 0.15) is 11.6 Å². The molecular formula is C15H11F2N5. The SMILES string of the molecule is NC1=NC(c2cc(F)ccc2F)n2c(nc3ccccc32)N1. The minimum Gasteiger partial charge on any atom is -0.370 e. The highest BCUT2D eigenvalue weighted by Crippen LogP contribution is 2.33. The first-order valence-corrected chi connectivity index (χ1v) is 6.66. The fraction of sp³-hybridized carbons (Fsp3) is 0.0667. The van der Waals surface area contributed by atoms with E-state index >= 15 is 0 Å². The predicted octanol–water partition coefficient (Wildman–Crippen LogP) is 2.60. The summed E-state index contributed by atoms with van der Waals surface area (Å²) in [7, 11) is 0. The van der Waals surface area contributed by atoms with Crippen LogP contribution in [0.15, 0.2) is 47.5 Å². The second-order valence-electron chi connectivity index (χ2n) is 4.97. The number of rotatable bonds is 1. The molecule has 1 aliphatic heterocycles. The second kappa shape index (κ2) is 4.52. The molecule has 1 atom stereocenters. The Kier molecular flexibility index (Phi) is 2.62. The Morgan fingerprint density at radius 3 is 2.82 bits per heavy atom. The summed E-state index contributed by atoms with van der Waals surface area (Å²) in [5.74, 6) is -0.526. The Morgan fingerprint density at radius 2 is 1.95 bits per heavy atom. The van der Waals surface area contributed by atoms with Crippen LogP contribution in [0.25, 0.3) is 11.0 Å². The topological polar surface area (TPSA) is 68.2 Å². The molecule has 0 saturated heterocycles. The number of fused-ring (bicyclic) bond motifs is 3. The molecule has 110 valence electrons. The Balaban J connectivity index is 2.00. The van der Waals surface area contributed by atoms with E-state index in [1.165, 1.54) is 0 Å². The molecule has 0 radical (unpaired) electrons. The number of hydrogen-bond donors (Lipinski definition) is 2. The van der Waals surface area contributed by atoms with Crippen LogP contribution in [0, 0.1) is 11.6 Å². The van der Waals surface area contributed by atoms with Crippen LogP contribution in [-0.2, 0) is 0 Å². The van der Waals surface area contributed by atoms with Gasteiger partial charge in [0.05, 0.1) is 11.0 Å². The van der Waals surface area contributed by atoms with E-state index in [0.717, 1.165) is 29.2 Å². The minimum absolute atomic E-state index is 0.105. The zero-order chi connectivity index (χ0) is 15.3. The van der Waals surface area contributed by atoms with Gasteiger partial charge in [-0.15, -0.1) is 0 Å². The predicted molar refractivity (Wildman–Crippen MR) is 79.5 cm³/mol. The molecular weight excluding hydrogens is 288 g/mol. The lowest BCUT2D eigenvalue weighted by atomic mass is 10.1. The van der Waals surface area contributed by atoms with Crippen LogP contribution >= 0.6 is 0 Å². The first-order valence-electron chi connectivity index (χ1n) is 6.66. The number of guanidine groups is 1. The molecule has 0 fully saturated rings. The highest BCUT2D eigenvalue weighted by Gasteiger charge is 2.27. The third-order valence-electron chi connectivity index (χ3n) is 3.58. The average molecular weight is 299 g/mol. The van der Waals surface area contributed by atoms with Crippen LogP contribution in [0.3, 0.4) is 0 Å². The smallest absolute Gasteiger partial charge is 0.212 e. The number of nitrogens with zero attached hydrogens (tertiary/aromatic N) is 3. The molecule has 22 heavy (non-hydrogen) atoms. The molecule has 3 aromatic rings. The standard InChI is InChI=1S/C15H11F2N5/c16-8-5-6-10(17)9(7-8)13-20-14(18)21-15-19-11-3-1-2-4-12(11)22(13)15/h1-7,13H,(H3,18,19,20,21). The number of anilines is 1. The number of imidazole rings is 1. The Morgan fingerprint density at radius 1 is 1.14 bits per heavy atom. The maximum atomic E-state index is 14.2. The van der Waals surface area contributed by atoms with Crippen molar-refractivity contribution in [3.63, 3.8) is 0 Å². The number of benzene rings is 2. The number of nitrogens with two attached hydrogens (primary N) is 1. The summed E-state index contributed by atoms with van der Waals surface area (Å²) in [4.78, 5) is 8.62. The van der Waals surface area contributed by atoms with Crippen molar-refractivity contribution in [1.29, 1.82) is 0 Å². The minimum atomic E-state index is -0.806. The van der Waals surface area contributed by atoms with Gasteiger partial charge >= 0.3 is 0 Å². The quantitative estimate of drug-likeness (QED) is 0.725. The maximum Gasteiger partial charge on any atom is 0.212 e. The maximum absolute atomic E-state index is 14.2. The Hall–Kier alpha value is -2.96. The first-order chi connectivity index (χ1) is 10.6. The van der Waals surface area contributed by atoms with Gasteiger partial charge in [-0.05, 0) is 30.3 Å². The molecule has 0 aliphatic carbocycles. The van der Waals surface area contributed by atoms with Crippen LogP contribution in [0.2, 0.25) is 0 Å². The van der Waals surface area contributed by atoms with Gasteiger partial charge in [-0.2, -0.15) is 0 Å². The lowest BCUT2D eigenvalue weighted by Crippen LogP contribution is -2.31. The van der Waals surface area contributed by atoms with Crippen molar-refractivity contribution in [3.05, 3.63) is 59.7 Å². The molecule has 0 spiro atoms. The van der Waals surface area contributed by atoms with E-state index in [2.05, 4.69) is 15.3 Å². The molecule has 5 nitrogen and oxygen atoms in total. The Labute approximate surface area is 124 Å². The number of hydrogen-bond acceptors (Lipinski definition) is 4. The largest absolute Gasteiger partial charge is 0.370 e. The molecule has 2 heterocycles. The molecule has 3 N–H and O–H groups in total. The zero-order valence-corrected chi connectivity index (χ0v) is 11.3. The Bertz CT molecular complexity index is 915. The van der Waals surface area contributed by atoms with Gasteiger partial charge in [0, 0.05) is 5.56 Å². The van der Waals surface area contributed by atoms with Crippen molar-refractivity contribution in [1.82, 2.24) is 9.55 Å². The molecule has 0 saturated carbocycles. The lowest BCUT2D eigenvalue weighted by molar-refractivity contribution is 0.537. The van der Waals surface area contributed by atoms with E-state index in [1.54, 1.807) is 4.57 Å². The summed E-state index contributed by atoms with van der Waals surface area (Å²) in [6.45, 7) is 0. The molecule has 1 aliphatic rings. The summed E-state index contributed by atoms with van der Waals surface area (Å²) < 4.78 is 29.4. The van der Waals surface area contributed by atoms with Crippen molar-refractivity contribution in [2.45, 2.75) is 6.17 Å². The van der Waals surface area contributed by atoms with Crippen LogP contribution in [0.1, 0.15) is 11.7 Å². The van der Waals surface area contributed by atoms with E-state index in [0.29, 0.717) is 5.95 Å². The highest BCUT2D eigenvalue weighted by atomic mass is 19.1. The highest BCUT2D eigenvalue weighted by molar-refractivity contribution is 5.94. The monoisotopic (exact) mass is 299 g/mol. The molecule has 0 amide bonds. The van der Waals surface area contributed by atoms with Crippen LogP contribution in [0.4, 0.5) is 14.7 Å². The molecule has 4 rings (SSSR count). The zero-order valence-electron chi connectivity index (χ0n) is 11.3. The van der Waals surface area contributed by atoms with Gasteiger partial charge in [0.25, 0.3) is 0 Å². The molecule has 1 aromatic heterocycles. The molecule has 1 unspecified atom stereocenters. The number of para-hydroxylation sites is 2. The van der Waals surface area contributed by atoms with Crippen molar-refractivity contribution in [2.75, 3.05) is 5.32 Å². The summed E-state index contributed by atoms with van der Waals surface area (Å²) in [6.07, 6.45) is -0.806. The van der Waals surface area contributed by atoms with Crippen molar-refractivity contribution < 1.29 is 8.78 Å². The number of aliphatic imine (C=N–C) groups is 1. The average Bonchev–Trinajstić information content (AvgIpc) is 2.87. The van der Waals surface area contributed by atoms with Crippen molar-refractivity contribution in [2.24, 2.45) is 10.7 Å². The number of nitrogens with one attached hydrogen (secondary N) is 1. The molecule has 2 aromatic carbocycles. The van der Waals surface area contributed by atoms with E-state index in [1.807, 2.05) is 24.3 Å². The number of halogens is 2. The van der Waals surface area contributed by atoms with E-state index in [4.69, 9.17) is 5.73 Å². The third-order valence-corrected chi connectivity index (χ3v) is 3.58. The third kappa shape index (κ3) is 1.82. The van der Waals surface area contributed by atoms with E-state index in [9.17, 15) is 8.78 Å². The van der Waals surface area contributed by atoms with Crippen molar-refractivity contribution >= 4 is 22.9 Å². The van der Waals surface area contributed by atoms with Gasteiger partial charge in [-0.25, -0.2) is 18.8 Å². The number of aromatic nitrogens is 2. The summed E-state index contributed by atoms with van der Waals surface area (Å²) in [5.41, 5.74) is 7.34. The van der Waals surface area contributed by atoms with E-state index in [-0.39, 0.29) is 11.5 Å². The molecule has 0 bridgehead atoms. The fourth-order valence-corrected chi connectivity index (χ4v) is 2.64. The van der Waals surface area contributed by atoms with Crippen LogP contribution in [0.5, 0.6) is 0 Å². The summed E-state index contributed by atoms with van der Waals surface area (Å²) in [5, 5.41) is 2.85. The van der Waals surface area contributed by atoms with Gasteiger partial charge < -0.3 is 5.73 Å². The van der Waals surface area contributed by atoms with Crippen molar-refractivity contribution in [3.8, 4) is 0 Å². The van der Waals surface area contributed by atoms with Gasteiger partial charge in [0.2, 0.25) is 5.95 Å². The van der Waals surface area contributed by atoms with Crippen LogP contribution in [-0.4, -0.2) is 15.5 Å². The van der Waals surface area contributed by atoms with Crippen LogP contribution < -0.4 is 11.1 Å². The van der Waals surface area contributed by atoms with Gasteiger partial charge in [0.15, 0.2) is 12.1 Å². The summed E-state index contributed by atoms with van der Waals surface area (Å²) in [6, 6.07) is 10.6. The van der Waals surface area contributed by atoms with Gasteiger partial charge in [-0.1, -0.05) is 12.1 Å². The second-order valence-corrected chi connectivity index (χ2v) is 4.97. The first kappa shape index (κ1) is 12.8.